The van der Waals surface area contributed by atoms with Crippen molar-refractivity contribution in [2.45, 2.75) is 45.6 Å². The molecule has 64 valence electrons. The van der Waals surface area contributed by atoms with Gasteiger partial charge in [-0.15, -0.1) is 0 Å². The van der Waals surface area contributed by atoms with Gasteiger partial charge in [0.05, 0.1) is 0 Å². The van der Waals surface area contributed by atoms with Crippen LogP contribution < -0.4 is 0 Å². The Morgan fingerprint density at radius 3 is 2.82 bits per heavy atom. The molecule has 1 heterocycles. The van der Waals surface area contributed by atoms with Gasteiger partial charge in [0, 0.05) is 6.42 Å². The number of rotatable bonds is 0. The summed E-state index contributed by atoms with van der Waals surface area (Å²) in [5, 5.41) is 0. The molecule has 0 amide bonds. The predicted molar refractivity (Wildman–Crippen MR) is 43.2 cm³/mol. The summed E-state index contributed by atoms with van der Waals surface area (Å²) in [5.41, 5.74) is -0.243. The van der Waals surface area contributed by atoms with E-state index in [1.165, 1.54) is 0 Å². The highest BCUT2D eigenvalue weighted by Gasteiger charge is 2.28. The summed E-state index contributed by atoms with van der Waals surface area (Å²) < 4.78 is 5.23. The van der Waals surface area contributed by atoms with E-state index >= 15 is 0 Å². The molecule has 0 radical (unpaired) electrons. The van der Waals surface area contributed by atoms with Crippen molar-refractivity contribution in [2.75, 3.05) is 0 Å². The molecule has 1 fully saturated rings. The highest BCUT2D eigenvalue weighted by molar-refractivity contribution is 5.70. The number of hydrogen-bond acceptors (Lipinski definition) is 2. The van der Waals surface area contributed by atoms with Gasteiger partial charge < -0.3 is 4.74 Å². The summed E-state index contributed by atoms with van der Waals surface area (Å²) >= 11 is 0. The molecule has 0 bridgehead atoms. The van der Waals surface area contributed by atoms with Gasteiger partial charge in [-0.05, 0) is 32.6 Å². The Hall–Kier alpha value is -0.530. The minimum atomic E-state index is -0.243. The minimum Gasteiger partial charge on any atom is -0.460 e. The quantitative estimate of drug-likeness (QED) is 0.502. The lowest BCUT2D eigenvalue weighted by Gasteiger charge is -2.24. The van der Waals surface area contributed by atoms with Crippen LogP contribution in [0.2, 0.25) is 0 Å². The maximum absolute atomic E-state index is 11.0. The smallest absolute Gasteiger partial charge is 0.306 e. The van der Waals surface area contributed by atoms with Gasteiger partial charge in [0.1, 0.15) is 5.60 Å². The van der Waals surface area contributed by atoms with Crippen molar-refractivity contribution < 1.29 is 9.53 Å². The first-order valence-electron chi connectivity index (χ1n) is 4.21. The van der Waals surface area contributed by atoms with E-state index in [2.05, 4.69) is 6.92 Å². The Morgan fingerprint density at radius 2 is 2.18 bits per heavy atom. The van der Waals surface area contributed by atoms with Crippen LogP contribution in [0, 0.1) is 5.92 Å². The fourth-order valence-corrected chi connectivity index (χ4v) is 1.71. The first kappa shape index (κ1) is 8.57. The van der Waals surface area contributed by atoms with Gasteiger partial charge in [-0.1, -0.05) is 6.92 Å². The van der Waals surface area contributed by atoms with Crippen LogP contribution in [0.15, 0.2) is 0 Å². The van der Waals surface area contributed by atoms with E-state index in [0.717, 1.165) is 12.8 Å². The van der Waals surface area contributed by atoms with Crippen molar-refractivity contribution in [1.29, 1.82) is 0 Å². The van der Waals surface area contributed by atoms with Crippen LogP contribution in [0.1, 0.15) is 40.0 Å². The molecule has 1 unspecified atom stereocenters. The Kier molecular flexibility index (Phi) is 2.21. The molecule has 0 aromatic rings. The van der Waals surface area contributed by atoms with Crippen LogP contribution in [0.4, 0.5) is 0 Å². The monoisotopic (exact) mass is 156 g/mol. The zero-order valence-corrected chi connectivity index (χ0v) is 7.52. The van der Waals surface area contributed by atoms with Crippen LogP contribution in [0.3, 0.4) is 0 Å². The van der Waals surface area contributed by atoms with Gasteiger partial charge in [0.25, 0.3) is 0 Å². The highest BCUT2D eigenvalue weighted by atomic mass is 16.6. The summed E-state index contributed by atoms with van der Waals surface area (Å²) in [6.45, 7) is 6.13. The number of carbonyl (C=O) groups is 1. The SMILES string of the molecule is CC1CCC(=O)OC(C)(C)C1. The number of esters is 1. The number of ether oxygens (including phenoxy) is 1. The summed E-state index contributed by atoms with van der Waals surface area (Å²) in [5.74, 6) is 0.566. The fraction of sp³-hybridized carbons (Fsp3) is 0.889. The van der Waals surface area contributed by atoms with Gasteiger partial charge in [-0.25, -0.2) is 0 Å². The van der Waals surface area contributed by atoms with E-state index in [0.29, 0.717) is 12.3 Å². The lowest BCUT2D eigenvalue weighted by Crippen LogP contribution is -2.26. The molecule has 0 saturated carbocycles. The summed E-state index contributed by atoms with van der Waals surface area (Å²) in [6, 6.07) is 0. The first-order valence-corrected chi connectivity index (χ1v) is 4.21. The third-order valence-corrected chi connectivity index (χ3v) is 2.07. The maximum atomic E-state index is 11.0. The third kappa shape index (κ3) is 2.52. The standard InChI is InChI=1S/C9H16O2/c1-7-4-5-8(10)11-9(2,3)6-7/h7H,4-6H2,1-3H3. The number of carbonyl (C=O) groups excluding carboxylic acids is 1. The second kappa shape index (κ2) is 2.84. The molecule has 1 saturated heterocycles. The van der Waals surface area contributed by atoms with E-state index in [9.17, 15) is 4.79 Å². The minimum absolute atomic E-state index is 0.0423. The van der Waals surface area contributed by atoms with E-state index < -0.39 is 0 Å². The van der Waals surface area contributed by atoms with Crippen molar-refractivity contribution in [3.8, 4) is 0 Å². The van der Waals surface area contributed by atoms with Crippen molar-refractivity contribution in [3.63, 3.8) is 0 Å². The predicted octanol–water partition coefficient (Wildman–Crippen LogP) is 2.13. The highest BCUT2D eigenvalue weighted by Crippen LogP contribution is 2.27. The molecule has 0 aromatic heterocycles. The molecule has 0 spiro atoms. The maximum Gasteiger partial charge on any atom is 0.306 e. The molecule has 0 aliphatic carbocycles. The second-order valence-electron chi connectivity index (χ2n) is 4.08. The Morgan fingerprint density at radius 1 is 1.55 bits per heavy atom. The summed E-state index contributed by atoms with van der Waals surface area (Å²) in [6.07, 6.45) is 2.55. The molecule has 1 atom stereocenters. The van der Waals surface area contributed by atoms with Crippen LogP contribution in [0.5, 0.6) is 0 Å². The number of cyclic esters (lactones) is 1. The van der Waals surface area contributed by atoms with Crippen LogP contribution >= 0.6 is 0 Å². The Bertz CT molecular complexity index is 161. The lowest BCUT2D eigenvalue weighted by molar-refractivity contribution is -0.155. The normalized spacial score (nSPS) is 30.8. The Labute approximate surface area is 67.9 Å². The zero-order chi connectivity index (χ0) is 8.48. The topological polar surface area (TPSA) is 26.3 Å². The summed E-state index contributed by atoms with van der Waals surface area (Å²) in [7, 11) is 0. The number of hydrogen-bond donors (Lipinski definition) is 0. The van der Waals surface area contributed by atoms with Gasteiger partial charge in [0.15, 0.2) is 0 Å². The van der Waals surface area contributed by atoms with Crippen molar-refractivity contribution in [3.05, 3.63) is 0 Å². The van der Waals surface area contributed by atoms with E-state index in [1.54, 1.807) is 0 Å². The van der Waals surface area contributed by atoms with Gasteiger partial charge in [0.2, 0.25) is 0 Å². The van der Waals surface area contributed by atoms with Gasteiger partial charge in [-0.2, -0.15) is 0 Å². The average molecular weight is 156 g/mol. The second-order valence-corrected chi connectivity index (χ2v) is 4.08. The first-order chi connectivity index (χ1) is 4.99. The van der Waals surface area contributed by atoms with Crippen molar-refractivity contribution in [1.82, 2.24) is 0 Å². The molecule has 1 aliphatic heterocycles. The fourth-order valence-electron chi connectivity index (χ4n) is 1.71. The molecule has 1 rings (SSSR count). The van der Waals surface area contributed by atoms with Crippen molar-refractivity contribution in [2.24, 2.45) is 5.92 Å². The molecule has 2 nitrogen and oxygen atoms in total. The molecular formula is C9H16O2. The molecule has 0 N–H and O–H groups in total. The van der Waals surface area contributed by atoms with Crippen LogP contribution in [-0.4, -0.2) is 11.6 Å². The van der Waals surface area contributed by atoms with E-state index in [4.69, 9.17) is 4.74 Å². The lowest BCUT2D eigenvalue weighted by atomic mass is 9.93. The largest absolute Gasteiger partial charge is 0.460 e. The molecule has 0 aromatic carbocycles. The van der Waals surface area contributed by atoms with Gasteiger partial charge in [-0.3, -0.25) is 4.79 Å². The Balaban J connectivity index is 2.63. The molecular weight excluding hydrogens is 140 g/mol. The molecule has 2 heteroatoms. The average Bonchev–Trinajstić information content (AvgIpc) is 1.89. The van der Waals surface area contributed by atoms with Crippen molar-refractivity contribution >= 4 is 5.97 Å². The summed E-state index contributed by atoms with van der Waals surface area (Å²) in [4.78, 5) is 11.0. The zero-order valence-electron chi connectivity index (χ0n) is 7.52. The molecule has 1 aliphatic rings. The van der Waals surface area contributed by atoms with E-state index in [1.807, 2.05) is 13.8 Å². The van der Waals surface area contributed by atoms with Crippen LogP contribution in [0.25, 0.3) is 0 Å². The third-order valence-electron chi connectivity index (χ3n) is 2.07. The van der Waals surface area contributed by atoms with Crippen LogP contribution in [-0.2, 0) is 9.53 Å². The molecule has 11 heavy (non-hydrogen) atoms. The van der Waals surface area contributed by atoms with Gasteiger partial charge >= 0.3 is 5.97 Å². The van der Waals surface area contributed by atoms with E-state index in [-0.39, 0.29) is 11.6 Å².